The molecule has 1 fully saturated rings. The van der Waals surface area contributed by atoms with Gasteiger partial charge in [0.25, 0.3) is 0 Å². The lowest BCUT2D eigenvalue weighted by Gasteiger charge is -2.17. The van der Waals surface area contributed by atoms with Crippen molar-refractivity contribution in [2.45, 2.75) is 33.0 Å². The van der Waals surface area contributed by atoms with E-state index < -0.39 is 5.82 Å². The molecular weight excluding hydrogens is 247 g/mol. The van der Waals surface area contributed by atoms with Crippen LogP contribution in [0.15, 0.2) is 18.2 Å². The number of Topliss-reactive ketones (excluding diaryl/α,β-unsaturated/α-hetero) is 1. The van der Waals surface area contributed by atoms with Gasteiger partial charge in [0.05, 0.1) is 25.2 Å². The third-order valence-electron chi connectivity index (χ3n) is 3.98. The van der Waals surface area contributed by atoms with Gasteiger partial charge in [-0.3, -0.25) is 4.79 Å². The van der Waals surface area contributed by atoms with Gasteiger partial charge in [0.2, 0.25) is 0 Å². The Bertz CT molecular complexity index is 486. The maximum atomic E-state index is 13.7. The largest absolute Gasteiger partial charge is 0.494 e. The standard InChI is InChI=1S/C15H19FO3/c1-8-9(2)19-10(3)14(8)15(17)11-5-6-13(18-4)12(16)7-11/h5-10,14H,1-4H3. The van der Waals surface area contributed by atoms with Crippen molar-refractivity contribution in [1.29, 1.82) is 0 Å². The van der Waals surface area contributed by atoms with Crippen LogP contribution in [0.3, 0.4) is 0 Å². The van der Waals surface area contributed by atoms with Gasteiger partial charge < -0.3 is 9.47 Å². The molecule has 0 aliphatic carbocycles. The Labute approximate surface area is 112 Å². The molecule has 0 aromatic heterocycles. The predicted molar refractivity (Wildman–Crippen MR) is 69.9 cm³/mol. The van der Waals surface area contributed by atoms with Crippen molar-refractivity contribution in [1.82, 2.24) is 0 Å². The molecule has 19 heavy (non-hydrogen) atoms. The molecule has 0 N–H and O–H groups in total. The monoisotopic (exact) mass is 266 g/mol. The van der Waals surface area contributed by atoms with E-state index in [9.17, 15) is 9.18 Å². The maximum absolute atomic E-state index is 13.7. The van der Waals surface area contributed by atoms with Gasteiger partial charge in [-0.1, -0.05) is 6.92 Å². The van der Waals surface area contributed by atoms with Gasteiger partial charge in [0, 0.05) is 5.56 Å². The smallest absolute Gasteiger partial charge is 0.169 e. The molecule has 0 bridgehead atoms. The normalized spacial score (nSPS) is 30.4. The van der Waals surface area contributed by atoms with E-state index in [-0.39, 0.29) is 35.6 Å². The molecular formula is C15H19FO3. The molecule has 4 heteroatoms. The summed E-state index contributed by atoms with van der Waals surface area (Å²) in [6.45, 7) is 5.85. The summed E-state index contributed by atoms with van der Waals surface area (Å²) in [4.78, 5) is 12.5. The van der Waals surface area contributed by atoms with E-state index in [1.807, 2.05) is 20.8 Å². The van der Waals surface area contributed by atoms with E-state index in [4.69, 9.17) is 9.47 Å². The van der Waals surface area contributed by atoms with Crippen LogP contribution in [0, 0.1) is 17.7 Å². The second kappa shape index (κ2) is 5.29. The first-order chi connectivity index (χ1) is 8.95. The van der Waals surface area contributed by atoms with Crippen molar-refractivity contribution in [2.24, 2.45) is 11.8 Å². The van der Waals surface area contributed by atoms with Crippen molar-refractivity contribution in [3.63, 3.8) is 0 Å². The van der Waals surface area contributed by atoms with E-state index in [1.54, 1.807) is 6.07 Å². The fourth-order valence-electron chi connectivity index (χ4n) is 2.73. The van der Waals surface area contributed by atoms with E-state index in [0.29, 0.717) is 5.56 Å². The molecule has 0 spiro atoms. The Morgan fingerprint density at radius 3 is 2.42 bits per heavy atom. The fraction of sp³-hybridized carbons (Fsp3) is 0.533. The average Bonchev–Trinajstić information content (AvgIpc) is 2.62. The van der Waals surface area contributed by atoms with Gasteiger partial charge in [0.1, 0.15) is 0 Å². The molecule has 0 amide bonds. The van der Waals surface area contributed by atoms with Gasteiger partial charge in [-0.25, -0.2) is 4.39 Å². The zero-order valence-corrected chi connectivity index (χ0v) is 11.6. The first-order valence-electron chi connectivity index (χ1n) is 6.49. The summed E-state index contributed by atoms with van der Waals surface area (Å²) in [5.41, 5.74) is 0.375. The highest BCUT2D eigenvalue weighted by Crippen LogP contribution is 2.35. The van der Waals surface area contributed by atoms with Crippen molar-refractivity contribution >= 4 is 5.78 Å². The summed E-state index contributed by atoms with van der Waals surface area (Å²) in [5.74, 6) is -0.518. The molecule has 0 saturated carbocycles. The number of halogens is 1. The number of rotatable bonds is 3. The van der Waals surface area contributed by atoms with Gasteiger partial charge >= 0.3 is 0 Å². The van der Waals surface area contributed by atoms with Crippen molar-refractivity contribution in [2.75, 3.05) is 7.11 Å². The number of hydrogen-bond donors (Lipinski definition) is 0. The summed E-state index contributed by atoms with van der Waals surface area (Å²) in [6, 6.07) is 4.33. The molecule has 1 saturated heterocycles. The van der Waals surface area contributed by atoms with Crippen LogP contribution < -0.4 is 4.74 Å². The summed E-state index contributed by atoms with van der Waals surface area (Å²) in [5, 5.41) is 0. The Balaban J connectivity index is 2.27. The number of carbonyl (C=O) groups is 1. The van der Waals surface area contributed by atoms with Crippen LogP contribution >= 0.6 is 0 Å². The van der Waals surface area contributed by atoms with Gasteiger partial charge in [-0.2, -0.15) is 0 Å². The summed E-state index contributed by atoms with van der Waals surface area (Å²) in [7, 11) is 1.40. The number of ether oxygens (including phenoxy) is 2. The van der Waals surface area contributed by atoms with Crippen LogP contribution in [0.25, 0.3) is 0 Å². The van der Waals surface area contributed by atoms with E-state index in [0.717, 1.165) is 0 Å². The molecule has 4 atom stereocenters. The number of hydrogen-bond acceptors (Lipinski definition) is 3. The van der Waals surface area contributed by atoms with Crippen molar-refractivity contribution in [3.8, 4) is 5.75 Å². The molecule has 2 rings (SSSR count). The zero-order valence-electron chi connectivity index (χ0n) is 11.6. The fourth-order valence-corrected chi connectivity index (χ4v) is 2.73. The second-order valence-corrected chi connectivity index (χ2v) is 5.14. The lowest BCUT2D eigenvalue weighted by Crippen LogP contribution is -2.26. The van der Waals surface area contributed by atoms with Crippen LogP contribution in [-0.2, 0) is 4.74 Å². The molecule has 1 aromatic carbocycles. The van der Waals surface area contributed by atoms with Crippen LogP contribution in [-0.4, -0.2) is 25.1 Å². The van der Waals surface area contributed by atoms with Crippen LogP contribution in [0.2, 0.25) is 0 Å². The molecule has 1 aliphatic heterocycles. The summed E-state index contributed by atoms with van der Waals surface area (Å²) < 4.78 is 24.2. The van der Waals surface area contributed by atoms with Crippen molar-refractivity contribution < 1.29 is 18.7 Å². The second-order valence-electron chi connectivity index (χ2n) is 5.14. The summed E-state index contributed by atoms with van der Waals surface area (Å²) in [6.07, 6.45) is -0.0882. The molecule has 3 nitrogen and oxygen atoms in total. The maximum Gasteiger partial charge on any atom is 0.169 e. The minimum atomic E-state index is -0.513. The lowest BCUT2D eigenvalue weighted by atomic mass is 9.83. The minimum absolute atomic E-state index is 0.0482. The van der Waals surface area contributed by atoms with Crippen LogP contribution in [0.1, 0.15) is 31.1 Å². The topological polar surface area (TPSA) is 35.5 Å². The van der Waals surface area contributed by atoms with E-state index in [2.05, 4.69) is 0 Å². The highest BCUT2D eigenvalue weighted by molar-refractivity contribution is 5.98. The number of benzene rings is 1. The third-order valence-corrected chi connectivity index (χ3v) is 3.98. The molecule has 1 aliphatic rings. The minimum Gasteiger partial charge on any atom is -0.494 e. The lowest BCUT2D eigenvalue weighted by molar-refractivity contribution is 0.0491. The van der Waals surface area contributed by atoms with Gasteiger partial charge in [0.15, 0.2) is 17.3 Å². The van der Waals surface area contributed by atoms with Crippen LogP contribution in [0.4, 0.5) is 4.39 Å². The number of carbonyl (C=O) groups excluding carboxylic acids is 1. The van der Waals surface area contributed by atoms with Crippen molar-refractivity contribution in [3.05, 3.63) is 29.6 Å². The quantitative estimate of drug-likeness (QED) is 0.789. The van der Waals surface area contributed by atoms with Gasteiger partial charge in [-0.05, 0) is 38.0 Å². The first kappa shape index (κ1) is 14.0. The molecule has 4 unspecified atom stereocenters. The molecule has 104 valence electrons. The molecule has 1 heterocycles. The third kappa shape index (κ3) is 2.50. The SMILES string of the molecule is COc1ccc(C(=O)C2C(C)OC(C)C2C)cc1F. The Hall–Kier alpha value is -1.42. The Kier molecular flexibility index (Phi) is 3.90. The Morgan fingerprint density at radius 2 is 1.95 bits per heavy atom. The average molecular weight is 266 g/mol. The number of methoxy groups -OCH3 is 1. The van der Waals surface area contributed by atoms with E-state index >= 15 is 0 Å². The van der Waals surface area contributed by atoms with Gasteiger partial charge in [-0.15, -0.1) is 0 Å². The zero-order chi connectivity index (χ0) is 14.2. The van der Waals surface area contributed by atoms with Crippen LogP contribution in [0.5, 0.6) is 5.75 Å². The molecule has 1 aromatic rings. The highest BCUT2D eigenvalue weighted by Gasteiger charge is 2.41. The predicted octanol–water partition coefficient (Wildman–Crippen LogP) is 3.08. The molecule has 0 radical (unpaired) electrons. The summed E-state index contributed by atoms with van der Waals surface area (Å²) >= 11 is 0. The van der Waals surface area contributed by atoms with E-state index in [1.165, 1.54) is 19.2 Å². The first-order valence-corrected chi connectivity index (χ1v) is 6.49. The Morgan fingerprint density at radius 1 is 1.26 bits per heavy atom. The number of ketones is 1. The highest BCUT2D eigenvalue weighted by atomic mass is 19.1.